The molecule has 5 atom stereocenters. The number of rotatable bonds is 1. The van der Waals surface area contributed by atoms with Crippen molar-refractivity contribution in [2.24, 2.45) is 17.8 Å². The van der Waals surface area contributed by atoms with Gasteiger partial charge in [0.1, 0.15) is 5.78 Å². The van der Waals surface area contributed by atoms with Crippen LogP contribution in [0.4, 0.5) is 0 Å². The molecule has 2 N–H and O–H groups in total. The normalized spacial score (nSPS) is 49.4. The van der Waals surface area contributed by atoms with Crippen molar-refractivity contribution in [3.8, 4) is 0 Å². The van der Waals surface area contributed by atoms with Crippen LogP contribution in [0.3, 0.4) is 0 Å². The molecule has 1 saturated carbocycles. The quantitative estimate of drug-likeness (QED) is 0.663. The third-order valence-electron chi connectivity index (χ3n) is 4.00. The van der Waals surface area contributed by atoms with E-state index in [0.29, 0.717) is 6.42 Å². The largest absolute Gasteiger partial charge is 0.392 e. The van der Waals surface area contributed by atoms with E-state index in [4.69, 9.17) is 0 Å². The van der Waals surface area contributed by atoms with Crippen molar-refractivity contribution in [1.82, 2.24) is 0 Å². The first-order chi connectivity index (χ1) is 6.36. The zero-order valence-corrected chi connectivity index (χ0v) is 9.32. The summed E-state index contributed by atoms with van der Waals surface area (Å²) in [4.78, 5) is 11.7. The second-order valence-electron chi connectivity index (χ2n) is 4.54. The summed E-state index contributed by atoms with van der Waals surface area (Å²) in [5.74, 6) is -0.997. The highest BCUT2D eigenvalue weighted by Crippen LogP contribution is 2.40. The Labute approximate surface area is 85.1 Å². The molecular weight excluding hydrogens is 180 g/mol. The number of aliphatic hydroxyl groups is 2. The summed E-state index contributed by atoms with van der Waals surface area (Å²) < 4.78 is 0. The maximum Gasteiger partial charge on any atom is 0.143 e. The van der Waals surface area contributed by atoms with E-state index in [2.05, 4.69) is 0 Å². The Morgan fingerprint density at radius 2 is 1.86 bits per heavy atom. The molecule has 0 saturated heterocycles. The van der Waals surface area contributed by atoms with Crippen LogP contribution in [0.15, 0.2) is 0 Å². The van der Waals surface area contributed by atoms with Crippen LogP contribution in [0.1, 0.15) is 34.1 Å². The van der Waals surface area contributed by atoms with Gasteiger partial charge in [-0.3, -0.25) is 4.79 Å². The highest BCUT2D eigenvalue weighted by molar-refractivity contribution is 5.85. The van der Waals surface area contributed by atoms with Crippen LogP contribution in [0.2, 0.25) is 0 Å². The first-order valence-electron chi connectivity index (χ1n) is 5.30. The third-order valence-corrected chi connectivity index (χ3v) is 4.00. The van der Waals surface area contributed by atoms with Crippen molar-refractivity contribution in [2.75, 3.05) is 0 Å². The Kier molecular flexibility index (Phi) is 3.02. The van der Waals surface area contributed by atoms with E-state index >= 15 is 0 Å². The van der Waals surface area contributed by atoms with E-state index in [9.17, 15) is 15.0 Å². The minimum atomic E-state index is -1.04. The summed E-state index contributed by atoms with van der Waals surface area (Å²) in [5, 5.41) is 20.1. The molecule has 0 bridgehead atoms. The summed E-state index contributed by atoms with van der Waals surface area (Å²) in [6.45, 7) is 7.15. The molecule has 0 heterocycles. The van der Waals surface area contributed by atoms with E-state index < -0.39 is 11.7 Å². The summed E-state index contributed by atoms with van der Waals surface area (Å²) in [6, 6.07) is 0. The molecule has 1 aliphatic rings. The lowest BCUT2D eigenvalue weighted by Gasteiger charge is -2.46. The van der Waals surface area contributed by atoms with Gasteiger partial charge in [-0.2, -0.15) is 0 Å². The number of Topliss-reactive ketones (excluding diaryl/α,β-unsaturated/α-hetero) is 1. The minimum absolute atomic E-state index is 0.0278. The molecule has 3 heteroatoms. The van der Waals surface area contributed by atoms with Crippen molar-refractivity contribution < 1.29 is 15.0 Å². The first-order valence-corrected chi connectivity index (χ1v) is 5.30. The molecule has 3 nitrogen and oxygen atoms in total. The lowest BCUT2D eigenvalue weighted by molar-refractivity contribution is -0.170. The average Bonchev–Trinajstić information content (AvgIpc) is 2.21. The van der Waals surface area contributed by atoms with Crippen LogP contribution in [0.25, 0.3) is 0 Å². The molecule has 0 aromatic heterocycles. The number of ketones is 1. The number of carbonyl (C=O) groups is 1. The van der Waals surface area contributed by atoms with Crippen LogP contribution in [-0.4, -0.2) is 27.7 Å². The van der Waals surface area contributed by atoms with Crippen molar-refractivity contribution in [3.05, 3.63) is 0 Å². The fraction of sp³-hybridized carbons (Fsp3) is 0.909. The average molecular weight is 200 g/mol. The monoisotopic (exact) mass is 200 g/mol. The second-order valence-corrected chi connectivity index (χ2v) is 4.54. The van der Waals surface area contributed by atoms with Crippen LogP contribution in [0, 0.1) is 17.8 Å². The van der Waals surface area contributed by atoms with E-state index in [-0.39, 0.29) is 23.5 Å². The SMILES string of the molecule is CC[C@@]1(O)[C@H](C)C(=O)[C@@H](C)[C@@H](O)[C@@H]1C. The molecule has 0 spiro atoms. The Morgan fingerprint density at radius 3 is 2.29 bits per heavy atom. The Balaban J connectivity index is 3.04. The molecule has 1 aliphatic carbocycles. The summed E-state index contributed by atoms with van der Waals surface area (Å²) in [6.07, 6.45) is -0.214. The van der Waals surface area contributed by atoms with Gasteiger partial charge in [-0.25, -0.2) is 0 Å². The van der Waals surface area contributed by atoms with E-state index in [1.165, 1.54) is 0 Å². The number of aliphatic hydroxyl groups excluding tert-OH is 1. The van der Waals surface area contributed by atoms with Crippen LogP contribution >= 0.6 is 0 Å². The fourth-order valence-electron chi connectivity index (χ4n) is 2.56. The van der Waals surface area contributed by atoms with E-state index in [0.717, 1.165) is 0 Å². The predicted molar refractivity (Wildman–Crippen MR) is 53.7 cm³/mol. The standard InChI is InChI=1S/C11H20O3/c1-5-11(14)7(3)9(12)6(2)10(13)8(11)4/h6-9,12,14H,5H2,1-4H3/t6-,7-,8+,9+,11-/m0/s1. The highest BCUT2D eigenvalue weighted by atomic mass is 16.3. The van der Waals surface area contributed by atoms with Crippen LogP contribution in [0.5, 0.6) is 0 Å². The van der Waals surface area contributed by atoms with Crippen molar-refractivity contribution >= 4 is 5.78 Å². The van der Waals surface area contributed by atoms with E-state index in [1.807, 2.05) is 13.8 Å². The lowest BCUT2D eigenvalue weighted by Crippen LogP contribution is -2.58. The topological polar surface area (TPSA) is 57.5 Å². The molecule has 1 fully saturated rings. The first kappa shape index (κ1) is 11.7. The number of carbonyl (C=O) groups excluding carboxylic acids is 1. The van der Waals surface area contributed by atoms with Gasteiger partial charge < -0.3 is 10.2 Å². The second kappa shape index (κ2) is 3.63. The molecule has 82 valence electrons. The molecule has 14 heavy (non-hydrogen) atoms. The molecule has 0 aromatic rings. The highest BCUT2D eigenvalue weighted by Gasteiger charge is 2.51. The Bertz CT molecular complexity index is 239. The van der Waals surface area contributed by atoms with Gasteiger partial charge in [-0.15, -0.1) is 0 Å². The summed E-state index contributed by atoms with van der Waals surface area (Å²) >= 11 is 0. The Hall–Kier alpha value is -0.410. The van der Waals surface area contributed by atoms with Gasteiger partial charge in [0.15, 0.2) is 0 Å². The molecule has 0 aromatic carbocycles. The molecule has 0 unspecified atom stereocenters. The minimum Gasteiger partial charge on any atom is -0.392 e. The molecule has 0 aliphatic heterocycles. The molecular formula is C11H20O3. The van der Waals surface area contributed by atoms with Gasteiger partial charge in [0.25, 0.3) is 0 Å². The van der Waals surface area contributed by atoms with Gasteiger partial charge >= 0.3 is 0 Å². The predicted octanol–water partition coefficient (Wildman–Crippen LogP) is 0.979. The summed E-state index contributed by atoms with van der Waals surface area (Å²) in [5.41, 5.74) is -1.04. The molecule has 0 amide bonds. The van der Waals surface area contributed by atoms with Gasteiger partial charge in [-0.05, 0) is 6.42 Å². The van der Waals surface area contributed by atoms with Crippen LogP contribution < -0.4 is 0 Å². The zero-order valence-electron chi connectivity index (χ0n) is 9.32. The van der Waals surface area contributed by atoms with Gasteiger partial charge in [0.05, 0.1) is 11.7 Å². The van der Waals surface area contributed by atoms with Gasteiger partial charge in [0, 0.05) is 17.8 Å². The molecule has 1 rings (SSSR count). The van der Waals surface area contributed by atoms with E-state index in [1.54, 1.807) is 13.8 Å². The smallest absolute Gasteiger partial charge is 0.143 e. The fourth-order valence-corrected chi connectivity index (χ4v) is 2.56. The summed E-state index contributed by atoms with van der Waals surface area (Å²) in [7, 11) is 0. The third kappa shape index (κ3) is 1.39. The maximum atomic E-state index is 11.7. The van der Waals surface area contributed by atoms with Crippen LogP contribution in [-0.2, 0) is 4.79 Å². The number of hydrogen-bond donors (Lipinski definition) is 2. The van der Waals surface area contributed by atoms with Crippen molar-refractivity contribution in [2.45, 2.75) is 45.8 Å². The zero-order chi connectivity index (χ0) is 11.1. The van der Waals surface area contributed by atoms with Gasteiger partial charge in [-0.1, -0.05) is 27.7 Å². The Morgan fingerprint density at radius 1 is 1.36 bits per heavy atom. The van der Waals surface area contributed by atoms with Crippen molar-refractivity contribution in [3.63, 3.8) is 0 Å². The molecule has 0 radical (unpaired) electrons. The van der Waals surface area contributed by atoms with Crippen molar-refractivity contribution in [1.29, 1.82) is 0 Å². The maximum absolute atomic E-state index is 11.7. The number of hydrogen-bond acceptors (Lipinski definition) is 3. The van der Waals surface area contributed by atoms with Gasteiger partial charge in [0.2, 0.25) is 0 Å². The lowest BCUT2D eigenvalue weighted by atomic mass is 9.63.